The third-order valence-corrected chi connectivity index (χ3v) is 3.57. The Kier molecular flexibility index (Phi) is 6.45. The van der Waals surface area contributed by atoms with Crippen LogP contribution in [0.5, 0.6) is 0 Å². The second kappa shape index (κ2) is 8.56. The highest BCUT2D eigenvalue weighted by atomic mass is 16.5. The minimum absolute atomic E-state index is 0.158. The predicted octanol–water partition coefficient (Wildman–Crippen LogP) is 2.32. The monoisotopic (exact) mass is 331 g/mol. The Bertz CT molecular complexity index is 651. The van der Waals surface area contributed by atoms with Crippen LogP contribution < -0.4 is 11.1 Å². The minimum Gasteiger partial charge on any atom is -0.369 e. The summed E-state index contributed by atoms with van der Waals surface area (Å²) in [5.41, 5.74) is 7.06. The summed E-state index contributed by atoms with van der Waals surface area (Å²) in [6.07, 6.45) is 0.455. The van der Waals surface area contributed by atoms with Crippen LogP contribution in [0.4, 0.5) is 5.69 Å². The number of nitrogens with two attached hydrogens (primary N) is 1. The average molecular weight is 331 g/mol. The van der Waals surface area contributed by atoms with E-state index >= 15 is 0 Å². The molecule has 2 aromatic rings. The molecule has 0 aliphatic rings. The highest BCUT2D eigenvalue weighted by molar-refractivity contribution is 5.94. The predicted molar refractivity (Wildman–Crippen MR) is 93.2 cm³/mol. The minimum atomic E-state index is -0.483. The summed E-state index contributed by atoms with van der Waals surface area (Å²) in [6.45, 7) is 6.90. The van der Waals surface area contributed by atoms with Gasteiger partial charge in [-0.1, -0.05) is 13.8 Å². The number of nitrogens with zero attached hydrogens (tertiary/aromatic N) is 2. The van der Waals surface area contributed by atoms with Gasteiger partial charge in [-0.05, 0) is 43.5 Å². The molecular weight excluding hydrogens is 306 g/mol. The number of H-pyrrole nitrogens is 1. The second-order valence-corrected chi connectivity index (χ2v) is 6.07. The number of ether oxygens (including phenoxy) is 1. The maximum Gasteiger partial charge on any atom is 0.253 e. The van der Waals surface area contributed by atoms with Crippen LogP contribution in [0.2, 0.25) is 0 Å². The van der Waals surface area contributed by atoms with Crippen molar-refractivity contribution in [3.05, 3.63) is 30.1 Å². The van der Waals surface area contributed by atoms with Gasteiger partial charge in [0.2, 0.25) is 0 Å². The molecule has 0 saturated carbocycles. The summed E-state index contributed by atoms with van der Waals surface area (Å²) in [5, 5.41) is 9.71. The quantitative estimate of drug-likeness (QED) is 0.688. The summed E-state index contributed by atoms with van der Waals surface area (Å²) >= 11 is 0. The van der Waals surface area contributed by atoms with Crippen LogP contribution in [-0.2, 0) is 16.1 Å². The lowest BCUT2D eigenvalue weighted by atomic mass is 10.1. The van der Waals surface area contributed by atoms with Crippen LogP contribution in [0.25, 0.3) is 11.4 Å². The second-order valence-electron chi connectivity index (χ2n) is 6.07. The zero-order chi connectivity index (χ0) is 17.5. The van der Waals surface area contributed by atoms with E-state index in [9.17, 15) is 4.79 Å². The van der Waals surface area contributed by atoms with Gasteiger partial charge in [-0.2, -0.15) is 5.10 Å². The standard InChI is InChI=1S/C17H25N5O2/c1-11(2)8-9-24-12(3)17(23)19-14-6-4-13(5-7-14)16-20-15(10-18)21-22-16/h4-7,11-12H,8-10,18H2,1-3H3,(H,19,23)(H,20,21,22). The smallest absolute Gasteiger partial charge is 0.253 e. The number of aromatic nitrogens is 3. The van der Waals surface area contributed by atoms with E-state index in [0.717, 1.165) is 12.0 Å². The van der Waals surface area contributed by atoms with Gasteiger partial charge in [0.1, 0.15) is 11.9 Å². The largest absolute Gasteiger partial charge is 0.369 e. The number of rotatable bonds is 8. The van der Waals surface area contributed by atoms with Crippen molar-refractivity contribution in [1.29, 1.82) is 0 Å². The molecule has 4 N–H and O–H groups in total. The molecule has 0 radical (unpaired) electrons. The maximum atomic E-state index is 12.1. The van der Waals surface area contributed by atoms with Crippen molar-refractivity contribution in [2.45, 2.75) is 39.8 Å². The van der Waals surface area contributed by atoms with Crippen molar-refractivity contribution in [3.63, 3.8) is 0 Å². The van der Waals surface area contributed by atoms with Crippen molar-refractivity contribution in [1.82, 2.24) is 15.2 Å². The fraction of sp³-hybridized carbons (Fsp3) is 0.471. The third-order valence-electron chi connectivity index (χ3n) is 3.57. The van der Waals surface area contributed by atoms with Crippen LogP contribution in [0.3, 0.4) is 0 Å². The first-order valence-corrected chi connectivity index (χ1v) is 8.14. The first-order valence-electron chi connectivity index (χ1n) is 8.14. The first kappa shape index (κ1) is 18.1. The van der Waals surface area contributed by atoms with Gasteiger partial charge in [0, 0.05) is 17.9 Å². The number of carbonyl (C=O) groups excluding carboxylic acids is 1. The van der Waals surface area contributed by atoms with Gasteiger partial charge in [-0.25, -0.2) is 4.98 Å². The Labute approximate surface area is 142 Å². The van der Waals surface area contributed by atoms with Gasteiger partial charge >= 0.3 is 0 Å². The van der Waals surface area contributed by atoms with Crippen molar-refractivity contribution >= 4 is 11.6 Å². The Morgan fingerprint density at radius 2 is 2.00 bits per heavy atom. The van der Waals surface area contributed by atoms with Gasteiger partial charge in [0.15, 0.2) is 5.82 Å². The number of nitrogens with one attached hydrogen (secondary N) is 2. The summed E-state index contributed by atoms with van der Waals surface area (Å²) in [6, 6.07) is 7.33. The number of hydrogen-bond donors (Lipinski definition) is 3. The molecular formula is C17H25N5O2. The fourth-order valence-corrected chi connectivity index (χ4v) is 2.02. The molecule has 0 bridgehead atoms. The molecule has 7 nitrogen and oxygen atoms in total. The Hall–Kier alpha value is -2.25. The van der Waals surface area contributed by atoms with E-state index in [1.165, 1.54) is 0 Å². The summed E-state index contributed by atoms with van der Waals surface area (Å²) in [4.78, 5) is 16.4. The third kappa shape index (κ3) is 5.14. The molecule has 1 atom stereocenters. The first-order chi connectivity index (χ1) is 11.5. The highest BCUT2D eigenvalue weighted by Crippen LogP contribution is 2.18. The molecule has 7 heteroatoms. The van der Waals surface area contributed by atoms with Gasteiger partial charge in [0.05, 0.1) is 6.54 Å². The molecule has 1 unspecified atom stereocenters. The molecule has 24 heavy (non-hydrogen) atoms. The molecule has 130 valence electrons. The molecule has 0 aliphatic heterocycles. The van der Waals surface area contributed by atoms with E-state index in [-0.39, 0.29) is 5.91 Å². The van der Waals surface area contributed by atoms with Crippen LogP contribution in [-0.4, -0.2) is 33.8 Å². The number of aromatic amines is 1. The summed E-state index contributed by atoms with van der Waals surface area (Å²) in [7, 11) is 0. The Balaban J connectivity index is 1.89. The normalized spacial score (nSPS) is 12.4. The molecule has 2 rings (SSSR count). The average Bonchev–Trinajstić information content (AvgIpc) is 3.04. The lowest BCUT2D eigenvalue weighted by molar-refractivity contribution is -0.126. The zero-order valence-electron chi connectivity index (χ0n) is 14.4. The number of amides is 1. The van der Waals surface area contributed by atoms with Crippen LogP contribution in [0.1, 0.15) is 33.0 Å². The Morgan fingerprint density at radius 1 is 1.29 bits per heavy atom. The van der Waals surface area contributed by atoms with Crippen molar-refractivity contribution in [2.75, 3.05) is 11.9 Å². The van der Waals surface area contributed by atoms with E-state index in [1.54, 1.807) is 6.92 Å². The number of carbonyl (C=O) groups is 1. The van der Waals surface area contributed by atoms with Gasteiger partial charge in [-0.3, -0.25) is 9.89 Å². The molecule has 0 spiro atoms. The molecule has 1 aromatic heterocycles. The molecule has 0 fully saturated rings. The molecule has 0 saturated heterocycles. The zero-order valence-corrected chi connectivity index (χ0v) is 14.4. The maximum absolute atomic E-state index is 12.1. The molecule has 1 heterocycles. The van der Waals surface area contributed by atoms with Gasteiger partial charge in [0.25, 0.3) is 5.91 Å². The lowest BCUT2D eigenvalue weighted by Gasteiger charge is -2.14. The van der Waals surface area contributed by atoms with Gasteiger partial charge in [-0.15, -0.1) is 0 Å². The highest BCUT2D eigenvalue weighted by Gasteiger charge is 2.14. The SMILES string of the molecule is CC(C)CCOC(C)C(=O)Nc1ccc(-c2n[nH]c(CN)n2)cc1. The van der Waals surface area contributed by atoms with E-state index in [1.807, 2.05) is 24.3 Å². The Morgan fingerprint density at radius 3 is 2.58 bits per heavy atom. The molecule has 1 amide bonds. The summed E-state index contributed by atoms with van der Waals surface area (Å²) in [5.74, 6) is 1.62. The van der Waals surface area contributed by atoms with Crippen molar-refractivity contribution in [2.24, 2.45) is 11.7 Å². The van der Waals surface area contributed by atoms with Crippen LogP contribution in [0.15, 0.2) is 24.3 Å². The van der Waals surface area contributed by atoms with E-state index in [2.05, 4.69) is 34.3 Å². The number of anilines is 1. The molecule has 1 aromatic carbocycles. The topological polar surface area (TPSA) is 106 Å². The number of benzene rings is 1. The van der Waals surface area contributed by atoms with E-state index in [0.29, 0.717) is 36.4 Å². The summed E-state index contributed by atoms with van der Waals surface area (Å²) < 4.78 is 5.55. The fourth-order valence-electron chi connectivity index (χ4n) is 2.02. The van der Waals surface area contributed by atoms with Crippen LogP contribution >= 0.6 is 0 Å². The van der Waals surface area contributed by atoms with Crippen molar-refractivity contribution < 1.29 is 9.53 Å². The van der Waals surface area contributed by atoms with Gasteiger partial charge < -0.3 is 15.8 Å². The lowest BCUT2D eigenvalue weighted by Crippen LogP contribution is -2.28. The number of hydrogen-bond acceptors (Lipinski definition) is 5. The van der Waals surface area contributed by atoms with Crippen LogP contribution in [0, 0.1) is 5.92 Å². The van der Waals surface area contributed by atoms with Crippen molar-refractivity contribution in [3.8, 4) is 11.4 Å². The van der Waals surface area contributed by atoms with E-state index < -0.39 is 6.10 Å². The van der Waals surface area contributed by atoms with E-state index in [4.69, 9.17) is 10.5 Å². The molecule has 0 aliphatic carbocycles.